The fourth-order valence-electron chi connectivity index (χ4n) is 0.956. The highest BCUT2D eigenvalue weighted by atomic mass is 35.5. The number of hydrogen-bond donors (Lipinski definition) is 0. The van der Waals surface area contributed by atoms with Crippen LogP contribution in [0.1, 0.15) is 20.3 Å². The summed E-state index contributed by atoms with van der Waals surface area (Å²) in [7, 11) is 0. The number of allylic oxidation sites excluding steroid dienone is 4. The molecule has 10 heavy (non-hydrogen) atoms. The molecule has 0 aromatic carbocycles. The molecule has 0 unspecified atom stereocenters. The molecule has 1 aliphatic carbocycles. The van der Waals surface area contributed by atoms with Crippen molar-refractivity contribution in [2.45, 2.75) is 20.3 Å². The Balaban J connectivity index is 0.000000810. The molecule has 58 valence electrons. The first-order valence-corrected chi connectivity index (χ1v) is 3.53. The lowest BCUT2D eigenvalue weighted by atomic mass is 9.86. The molecule has 0 saturated carbocycles. The molecular formula is C8H13ClO. The van der Waals surface area contributed by atoms with Crippen LogP contribution in [0.5, 0.6) is 0 Å². The molecule has 0 aromatic heterocycles. The van der Waals surface area contributed by atoms with Crippen molar-refractivity contribution in [1.82, 2.24) is 0 Å². The molecule has 1 nitrogen and oxygen atoms in total. The van der Waals surface area contributed by atoms with Crippen molar-refractivity contribution in [2.24, 2.45) is 5.41 Å². The third-order valence-corrected chi connectivity index (χ3v) is 1.68. The van der Waals surface area contributed by atoms with Gasteiger partial charge in [-0.15, -0.1) is 0 Å². The number of rotatable bonds is 0. The zero-order valence-corrected chi connectivity index (χ0v) is 7.07. The first-order chi connectivity index (χ1) is 4.10. The minimum absolute atomic E-state index is 0. The predicted octanol–water partition coefficient (Wildman–Crippen LogP) is 2.27. The van der Waals surface area contributed by atoms with Crippen LogP contribution in [0.4, 0.5) is 0 Å². The summed E-state index contributed by atoms with van der Waals surface area (Å²) in [6, 6.07) is 0. The summed E-state index contributed by atoms with van der Waals surface area (Å²) in [6.45, 7) is 4.36. The normalized spacial score (nSPS) is 21.3. The fraction of sp³-hybridized carbons (Fsp3) is 0.500. The molecule has 0 bridgehead atoms. The van der Waals surface area contributed by atoms with Crippen LogP contribution in [-0.2, 0) is 0 Å². The van der Waals surface area contributed by atoms with Gasteiger partial charge in [0.2, 0.25) is 0 Å². The molecule has 0 aromatic rings. The zero-order chi connectivity index (χ0) is 6.91. The molecule has 0 saturated heterocycles. The highest BCUT2D eigenvalue weighted by Crippen LogP contribution is 2.29. The van der Waals surface area contributed by atoms with Crippen molar-refractivity contribution in [3.05, 3.63) is 23.3 Å². The van der Waals surface area contributed by atoms with Gasteiger partial charge in [-0.2, -0.15) is 0 Å². The van der Waals surface area contributed by atoms with Gasteiger partial charge in [-0.1, -0.05) is 37.6 Å². The van der Waals surface area contributed by atoms with Gasteiger partial charge >= 0.3 is 0 Å². The molecule has 1 rings (SSSR count). The highest BCUT2D eigenvalue weighted by molar-refractivity contribution is 6.31. The second-order valence-corrected chi connectivity index (χ2v) is 3.56. The van der Waals surface area contributed by atoms with Gasteiger partial charge in [-0.3, -0.25) is 0 Å². The Morgan fingerprint density at radius 1 is 1.50 bits per heavy atom. The molecule has 2 heteroatoms. The zero-order valence-electron chi connectivity index (χ0n) is 6.32. The van der Waals surface area contributed by atoms with Crippen LogP contribution < -0.4 is 0 Å². The highest BCUT2D eigenvalue weighted by Gasteiger charge is 2.15. The first-order valence-electron chi connectivity index (χ1n) is 3.15. The van der Waals surface area contributed by atoms with E-state index >= 15 is 0 Å². The van der Waals surface area contributed by atoms with Crippen LogP contribution in [0.15, 0.2) is 23.3 Å². The van der Waals surface area contributed by atoms with Crippen LogP contribution in [0.3, 0.4) is 0 Å². The largest absolute Gasteiger partial charge is 0.412 e. The minimum atomic E-state index is 0. The molecule has 0 radical (unpaired) electrons. The summed E-state index contributed by atoms with van der Waals surface area (Å²) in [5, 5.41) is 0.867. The Morgan fingerprint density at radius 3 is 2.40 bits per heavy atom. The molecule has 0 fully saturated rings. The molecule has 0 aliphatic heterocycles. The third-order valence-electron chi connectivity index (χ3n) is 1.45. The van der Waals surface area contributed by atoms with E-state index < -0.39 is 0 Å². The quantitative estimate of drug-likeness (QED) is 0.521. The molecule has 2 N–H and O–H groups in total. The molecule has 0 atom stereocenters. The number of halogens is 1. The average molecular weight is 161 g/mol. The van der Waals surface area contributed by atoms with Gasteiger partial charge in [-0.25, -0.2) is 0 Å². The van der Waals surface area contributed by atoms with Gasteiger partial charge in [0, 0.05) is 5.03 Å². The molecule has 0 spiro atoms. The van der Waals surface area contributed by atoms with E-state index in [1.54, 1.807) is 0 Å². The summed E-state index contributed by atoms with van der Waals surface area (Å²) >= 11 is 5.78. The Hall–Kier alpha value is -0.270. The van der Waals surface area contributed by atoms with E-state index in [2.05, 4.69) is 26.0 Å². The molecule has 1 aliphatic rings. The average Bonchev–Trinajstić information content (AvgIpc) is 1.60. The van der Waals surface area contributed by atoms with Crippen LogP contribution in [-0.4, -0.2) is 5.48 Å². The van der Waals surface area contributed by atoms with E-state index in [1.165, 1.54) is 0 Å². The lowest BCUT2D eigenvalue weighted by Crippen LogP contribution is -2.08. The van der Waals surface area contributed by atoms with E-state index in [-0.39, 0.29) is 10.9 Å². The van der Waals surface area contributed by atoms with Crippen molar-refractivity contribution in [3.8, 4) is 0 Å². The summed E-state index contributed by atoms with van der Waals surface area (Å²) in [5.74, 6) is 0. The summed E-state index contributed by atoms with van der Waals surface area (Å²) in [6.07, 6.45) is 7.26. The molecule has 0 heterocycles. The Morgan fingerprint density at radius 2 is 2.10 bits per heavy atom. The third kappa shape index (κ3) is 2.54. The predicted molar refractivity (Wildman–Crippen MR) is 45.1 cm³/mol. The maximum Gasteiger partial charge on any atom is 0.0368 e. The van der Waals surface area contributed by atoms with E-state index in [1.807, 2.05) is 6.08 Å². The molecular weight excluding hydrogens is 148 g/mol. The maximum atomic E-state index is 5.78. The van der Waals surface area contributed by atoms with Crippen LogP contribution in [0.25, 0.3) is 0 Å². The van der Waals surface area contributed by atoms with Crippen molar-refractivity contribution >= 4 is 11.6 Å². The van der Waals surface area contributed by atoms with Crippen molar-refractivity contribution in [1.29, 1.82) is 0 Å². The second kappa shape index (κ2) is 3.22. The summed E-state index contributed by atoms with van der Waals surface area (Å²) < 4.78 is 0. The van der Waals surface area contributed by atoms with Gasteiger partial charge in [0.15, 0.2) is 0 Å². The Kier molecular flexibility index (Phi) is 3.13. The van der Waals surface area contributed by atoms with Gasteiger partial charge in [-0.05, 0) is 17.9 Å². The fourth-order valence-corrected chi connectivity index (χ4v) is 1.34. The van der Waals surface area contributed by atoms with E-state index in [0.29, 0.717) is 0 Å². The van der Waals surface area contributed by atoms with Crippen LogP contribution in [0.2, 0.25) is 0 Å². The standard InChI is InChI=1S/C8H11Cl.H2O/c1-8(2)5-3-4-7(9)6-8;/h3-4,6H,5H2,1-2H3;1H2. The van der Waals surface area contributed by atoms with E-state index in [0.717, 1.165) is 11.5 Å². The Bertz CT molecular complexity index is 168. The maximum absolute atomic E-state index is 5.78. The van der Waals surface area contributed by atoms with E-state index in [4.69, 9.17) is 11.6 Å². The summed E-state index contributed by atoms with van der Waals surface area (Å²) in [5.41, 5.74) is 0.270. The Labute approximate surface area is 66.7 Å². The lowest BCUT2D eigenvalue weighted by Gasteiger charge is -2.20. The van der Waals surface area contributed by atoms with Crippen molar-refractivity contribution < 1.29 is 5.48 Å². The number of hydrogen-bond acceptors (Lipinski definition) is 0. The van der Waals surface area contributed by atoms with Gasteiger partial charge in [0.05, 0.1) is 0 Å². The van der Waals surface area contributed by atoms with Crippen molar-refractivity contribution in [2.75, 3.05) is 0 Å². The smallest absolute Gasteiger partial charge is 0.0368 e. The monoisotopic (exact) mass is 160 g/mol. The van der Waals surface area contributed by atoms with Crippen LogP contribution in [0, 0.1) is 5.41 Å². The van der Waals surface area contributed by atoms with Gasteiger partial charge in [0.1, 0.15) is 0 Å². The summed E-state index contributed by atoms with van der Waals surface area (Å²) in [4.78, 5) is 0. The molecule has 0 amide bonds. The minimum Gasteiger partial charge on any atom is -0.412 e. The topological polar surface area (TPSA) is 31.5 Å². The van der Waals surface area contributed by atoms with Gasteiger partial charge in [0.25, 0.3) is 0 Å². The van der Waals surface area contributed by atoms with E-state index in [9.17, 15) is 0 Å². The van der Waals surface area contributed by atoms with Crippen molar-refractivity contribution in [3.63, 3.8) is 0 Å². The second-order valence-electron chi connectivity index (χ2n) is 3.12. The lowest BCUT2D eigenvalue weighted by molar-refractivity contribution is 0.483. The van der Waals surface area contributed by atoms with Crippen LogP contribution >= 0.6 is 11.6 Å². The SMILES string of the molecule is CC1(C)C=C(Cl)C=CC1.O. The first kappa shape index (κ1) is 9.73. The van der Waals surface area contributed by atoms with Gasteiger partial charge < -0.3 is 5.48 Å².